The number of hydrogen-bond donors (Lipinski definition) is 2. The number of carbonyl (C=O) groups excluding carboxylic acids is 1. The van der Waals surface area contributed by atoms with Crippen LogP contribution in [0.4, 0.5) is 5.69 Å². The van der Waals surface area contributed by atoms with Gasteiger partial charge in [0.25, 0.3) is 5.91 Å². The first-order chi connectivity index (χ1) is 10.2. The smallest absolute Gasteiger partial charge is 0.264 e. The van der Waals surface area contributed by atoms with Crippen molar-refractivity contribution in [1.29, 1.82) is 0 Å². The Bertz CT molecular complexity index is 766. The number of pyridine rings is 1. The fourth-order valence-corrected chi connectivity index (χ4v) is 3.84. The van der Waals surface area contributed by atoms with Gasteiger partial charge in [-0.2, -0.15) is 0 Å². The molecule has 1 atom stereocenters. The third-order valence-corrected chi connectivity index (χ3v) is 5.20. The van der Waals surface area contributed by atoms with Gasteiger partial charge in [-0.3, -0.25) is 9.78 Å². The number of anilines is 1. The summed E-state index contributed by atoms with van der Waals surface area (Å²) in [6, 6.07) is 3.66. The van der Waals surface area contributed by atoms with Crippen LogP contribution in [0.5, 0.6) is 0 Å². The van der Waals surface area contributed by atoms with Crippen molar-refractivity contribution < 1.29 is 4.79 Å². The highest BCUT2D eigenvalue weighted by Crippen LogP contribution is 2.32. The van der Waals surface area contributed by atoms with Gasteiger partial charge in [0.1, 0.15) is 15.4 Å². The number of nitrogens with zero attached hydrogens (tertiary/aromatic N) is 2. The average Bonchev–Trinajstić information content (AvgIpc) is 3.13. The molecule has 21 heavy (non-hydrogen) atoms. The maximum absolute atomic E-state index is 12.5. The molecule has 7 heteroatoms. The van der Waals surface area contributed by atoms with Crippen LogP contribution < -0.4 is 11.1 Å². The molecule has 0 radical (unpaired) electrons. The fraction of sp³-hybridized carbons (Fsp3) is 0.214. The number of rotatable bonds is 4. The number of hydrogen-bond acceptors (Lipinski definition) is 6. The van der Waals surface area contributed by atoms with E-state index >= 15 is 0 Å². The molecule has 3 N–H and O–H groups in total. The first-order valence-corrected chi connectivity index (χ1v) is 8.23. The van der Waals surface area contributed by atoms with E-state index in [2.05, 4.69) is 15.3 Å². The molecular weight excluding hydrogens is 304 g/mol. The summed E-state index contributed by atoms with van der Waals surface area (Å²) in [5.74, 6) is -0.169. The summed E-state index contributed by atoms with van der Waals surface area (Å²) in [5.41, 5.74) is 7.19. The van der Waals surface area contributed by atoms with Gasteiger partial charge in [0.15, 0.2) is 0 Å². The lowest BCUT2D eigenvalue weighted by atomic mass is 10.2. The second-order valence-electron chi connectivity index (χ2n) is 4.50. The lowest BCUT2D eigenvalue weighted by Crippen LogP contribution is -2.27. The fourth-order valence-electron chi connectivity index (χ4n) is 2.09. The zero-order chi connectivity index (χ0) is 14.8. The Hall–Kier alpha value is -1.99. The van der Waals surface area contributed by atoms with E-state index in [1.165, 1.54) is 22.7 Å². The van der Waals surface area contributed by atoms with Gasteiger partial charge in [0.05, 0.1) is 16.4 Å². The SMILES string of the molecule is CCC(NC(=O)c1sc2cccnc2c1N)c1nccs1. The summed E-state index contributed by atoms with van der Waals surface area (Å²) in [6.07, 6.45) is 4.20. The zero-order valence-electron chi connectivity index (χ0n) is 11.4. The van der Waals surface area contributed by atoms with Crippen LogP contribution in [0.3, 0.4) is 0 Å². The van der Waals surface area contributed by atoms with Crippen LogP contribution in [0.15, 0.2) is 29.9 Å². The van der Waals surface area contributed by atoms with Gasteiger partial charge in [0.2, 0.25) is 0 Å². The van der Waals surface area contributed by atoms with E-state index in [1.807, 2.05) is 24.4 Å². The molecule has 0 aliphatic heterocycles. The topological polar surface area (TPSA) is 80.9 Å². The van der Waals surface area contributed by atoms with Crippen LogP contribution in [0.2, 0.25) is 0 Å². The van der Waals surface area contributed by atoms with Gasteiger partial charge in [-0.05, 0) is 18.6 Å². The molecule has 3 aromatic rings. The summed E-state index contributed by atoms with van der Waals surface area (Å²) in [5, 5.41) is 5.81. The number of thiazole rings is 1. The molecule has 0 saturated heterocycles. The van der Waals surface area contributed by atoms with Gasteiger partial charge in [-0.1, -0.05) is 6.92 Å². The molecule has 1 unspecified atom stereocenters. The molecule has 0 aromatic carbocycles. The number of aromatic nitrogens is 2. The second-order valence-corrected chi connectivity index (χ2v) is 6.48. The molecule has 0 aliphatic carbocycles. The van der Waals surface area contributed by atoms with Crippen LogP contribution in [0, 0.1) is 0 Å². The second kappa shape index (κ2) is 5.79. The van der Waals surface area contributed by atoms with Gasteiger partial charge < -0.3 is 11.1 Å². The first-order valence-electron chi connectivity index (χ1n) is 6.54. The monoisotopic (exact) mass is 318 g/mol. The highest BCUT2D eigenvalue weighted by atomic mass is 32.1. The van der Waals surface area contributed by atoms with Crippen molar-refractivity contribution in [3.8, 4) is 0 Å². The molecular formula is C14H14N4OS2. The standard InChI is InChI=1S/C14H14N4OS2/c1-2-8(14-17-6-7-20-14)18-13(19)12-10(15)11-9(21-12)4-3-5-16-11/h3-8H,2,15H2,1H3,(H,18,19). The third-order valence-electron chi connectivity index (χ3n) is 3.15. The predicted molar refractivity (Wildman–Crippen MR) is 86.6 cm³/mol. The molecule has 0 spiro atoms. The Morgan fingerprint density at radius 1 is 1.43 bits per heavy atom. The van der Waals surface area contributed by atoms with Crippen molar-refractivity contribution in [2.45, 2.75) is 19.4 Å². The van der Waals surface area contributed by atoms with E-state index in [4.69, 9.17) is 5.73 Å². The minimum absolute atomic E-state index is 0.0879. The van der Waals surface area contributed by atoms with Crippen LogP contribution >= 0.6 is 22.7 Å². The summed E-state index contributed by atoms with van der Waals surface area (Å²) in [7, 11) is 0. The minimum atomic E-state index is -0.169. The van der Waals surface area contributed by atoms with Gasteiger partial charge >= 0.3 is 0 Å². The van der Waals surface area contributed by atoms with Crippen molar-refractivity contribution in [2.75, 3.05) is 5.73 Å². The van der Waals surface area contributed by atoms with Gasteiger partial charge in [-0.15, -0.1) is 22.7 Å². The van der Waals surface area contributed by atoms with E-state index in [-0.39, 0.29) is 11.9 Å². The third kappa shape index (κ3) is 2.62. The number of thiophene rings is 1. The van der Waals surface area contributed by atoms with E-state index in [0.29, 0.717) is 16.1 Å². The maximum Gasteiger partial charge on any atom is 0.264 e. The lowest BCUT2D eigenvalue weighted by Gasteiger charge is -2.13. The van der Waals surface area contributed by atoms with E-state index < -0.39 is 0 Å². The van der Waals surface area contributed by atoms with Crippen molar-refractivity contribution in [3.63, 3.8) is 0 Å². The number of nitrogen functional groups attached to an aromatic ring is 1. The Labute approximate surface area is 129 Å². The molecule has 1 amide bonds. The summed E-state index contributed by atoms with van der Waals surface area (Å²) >= 11 is 2.90. The van der Waals surface area contributed by atoms with Crippen LogP contribution in [0.25, 0.3) is 10.2 Å². The number of nitrogens with one attached hydrogen (secondary N) is 1. The molecule has 0 aliphatic rings. The van der Waals surface area contributed by atoms with Crippen molar-refractivity contribution in [1.82, 2.24) is 15.3 Å². The van der Waals surface area contributed by atoms with Gasteiger partial charge in [-0.25, -0.2) is 4.98 Å². The molecule has 5 nitrogen and oxygen atoms in total. The molecule has 0 fully saturated rings. The van der Waals surface area contributed by atoms with E-state index in [1.54, 1.807) is 12.4 Å². The lowest BCUT2D eigenvalue weighted by molar-refractivity contribution is 0.0940. The number of fused-ring (bicyclic) bond motifs is 1. The highest BCUT2D eigenvalue weighted by Gasteiger charge is 2.21. The molecule has 108 valence electrons. The Morgan fingerprint density at radius 2 is 2.29 bits per heavy atom. The average molecular weight is 318 g/mol. The quantitative estimate of drug-likeness (QED) is 0.774. The van der Waals surface area contributed by atoms with E-state index in [9.17, 15) is 4.79 Å². The number of carbonyl (C=O) groups is 1. The highest BCUT2D eigenvalue weighted by molar-refractivity contribution is 7.21. The molecule has 0 bridgehead atoms. The Morgan fingerprint density at radius 3 is 2.95 bits per heavy atom. The molecule has 0 saturated carbocycles. The van der Waals surface area contributed by atoms with Crippen LogP contribution in [-0.2, 0) is 0 Å². The maximum atomic E-state index is 12.5. The van der Waals surface area contributed by atoms with Crippen molar-refractivity contribution >= 4 is 44.5 Å². The largest absolute Gasteiger partial charge is 0.396 e. The summed E-state index contributed by atoms with van der Waals surface area (Å²) < 4.78 is 0.919. The summed E-state index contributed by atoms with van der Waals surface area (Å²) in [4.78, 5) is 21.5. The van der Waals surface area contributed by atoms with Crippen LogP contribution in [-0.4, -0.2) is 15.9 Å². The van der Waals surface area contributed by atoms with Crippen molar-refractivity contribution in [2.24, 2.45) is 0 Å². The molecule has 3 aromatic heterocycles. The normalized spacial score (nSPS) is 12.4. The first kappa shape index (κ1) is 14.0. The Kier molecular flexibility index (Phi) is 3.85. The molecule has 3 rings (SSSR count). The predicted octanol–water partition coefficient (Wildman–Crippen LogP) is 3.22. The Balaban J connectivity index is 1.88. The minimum Gasteiger partial charge on any atom is -0.396 e. The molecule has 3 heterocycles. The summed E-state index contributed by atoms with van der Waals surface area (Å²) in [6.45, 7) is 2.02. The van der Waals surface area contributed by atoms with Crippen LogP contribution in [0.1, 0.15) is 34.1 Å². The number of nitrogens with two attached hydrogens (primary N) is 1. The van der Waals surface area contributed by atoms with Gasteiger partial charge in [0, 0.05) is 17.8 Å². The van der Waals surface area contributed by atoms with Crippen molar-refractivity contribution in [3.05, 3.63) is 39.8 Å². The van der Waals surface area contributed by atoms with E-state index in [0.717, 1.165) is 16.1 Å². The zero-order valence-corrected chi connectivity index (χ0v) is 13.0. The number of amides is 1.